The van der Waals surface area contributed by atoms with Gasteiger partial charge in [-0.15, -0.1) is 0 Å². The first kappa shape index (κ1) is 16.6. The number of esters is 1. The Morgan fingerprint density at radius 3 is 1.88 bits per heavy atom. The Morgan fingerprint density at radius 2 is 1.32 bits per heavy atom. The van der Waals surface area contributed by atoms with E-state index in [2.05, 4.69) is 0 Å². The summed E-state index contributed by atoms with van der Waals surface area (Å²) in [5.41, 5.74) is 0.985. The van der Waals surface area contributed by atoms with E-state index in [1.54, 1.807) is 72.8 Å². The lowest BCUT2D eigenvalue weighted by Crippen LogP contribution is -2.08. The summed E-state index contributed by atoms with van der Waals surface area (Å²) in [7, 11) is 0. The monoisotopic (exact) mass is 349 g/mol. The Hall–Kier alpha value is -3.29. The lowest BCUT2D eigenvalue weighted by Gasteiger charge is -2.08. The number of ether oxygens (including phenoxy) is 2. The summed E-state index contributed by atoms with van der Waals surface area (Å²) in [6.07, 6.45) is 0. The summed E-state index contributed by atoms with van der Waals surface area (Å²) in [4.78, 5) is 12.0. The normalized spacial score (nSPS) is 9.92. The molecule has 0 aromatic heterocycles. The topological polar surface area (TPSA) is 59.3 Å². The van der Waals surface area contributed by atoms with Gasteiger partial charge in [0.05, 0.1) is 17.2 Å². The largest absolute Gasteiger partial charge is 0.457 e. The third-order valence-electron chi connectivity index (χ3n) is 3.33. The Morgan fingerprint density at radius 1 is 0.800 bits per heavy atom. The van der Waals surface area contributed by atoms with Crippen LogP contribution in [0.15, 0.2) is 72.8 Å². The van der Waals surface area contributed by atoms with Crippen LogP contribution >= 0.6 is 11.6 Å². The van der Waals surface area contributed by atoms with Crippen LogP contribution in [-0.2, 0) is 0 Å². The SMILES string of the molecule is N#Cc1ccc(Oc2ccc(OC(=O)c3ccc(Cl)cc3)cc2)cc1. The molecule has 25 heavy (non-hydrogen) atoms. The summed E-state index contributed by atoms with van der Waals surface area (Å²) >= 11 is 5.80. The van der Waals surface area contributed by atoms with Crippen LogP contribution in [0.5, 0.6) is 17.2 Å². The van der Waals surface area contributed by atoms with Gasteiger partial charge in [0.15, 0.2) is 0 Å². The van der Waals surface area contributed by atoms with E-state index in [0.29, 0.717) is 33.4 Å². The average molecular weight is 350 g/mol. The Balaban J connectivity index is 1.64. The molecule has 0 amide bonds. The van der Waals surface area contributed by atoms with Crippen molar-refractivity contribution in [2.75, 3.05) is 0 Å². The zero-order chi connectivity index (χ0) is 17.6. The zero-order valence-electron chi connectivity index (χ0n) is 13.0. The first-order valence-corrected chi connectivity index (χ1v) is 7.78. The molecule has 0 saturated carbocycles. The fourth-order valence-corrected chi connectivity index (χ4v) is 2.19. The Labute approximate surface area is 149 Å². The van der Waals surface area contributed by atoms with Crippen molar-refractivity contribution in [1.82, 2.24) is 0 Å². The molecular formula is C20H12ClNO3. The van der Waals surface area contributed by atoms with Crippen molar-refractivity contribution in [3.05, 3.63) is 88.9 Å². The minimum absolute atomic E-state index is 0.409. The third-order valence-corrected chi connectivity index (χ3v) is 3.59. The van der Waals surface area contributed by atoms with E-state index in [-0.39, 0.29) is 0 Å². The van der Waals surface area contributed by atoms with E-state index in [0.717, 1.165) is 0 Å². The van der Waals surface area contributed by atoms with Crippen LogP contribution in [0.2, 0.25) is 5.02 Å². The van der Waals surface area contributed by atoms with Crippen LogP contribution in [0, 0.1) is 11.3 Å². The van der Waals surface area contributed by atoms with E-state index in [1.165, 1.54) is 0 Å². The van der Waals surface area contributed by atoms with Gasteiger partial charge < -0.3 is 9.47 Å². The van der Waals surface area contributed by atoms with Crippen molar-refractivity contribution in [3.8, 4) is 23.3 Å². The number of benzene rings is 3. The van der Waals surface area contributed by atoms with Gasteiger partial charge >= 0.3 is 5.97 Å². The van der Waals surface area contributed by atoms with Gasteiger partial charge in [-0.2, -0.15) is 5.26 Å². The van der Waals surface area contributed by atoms with E-state index in [9.17, 15) is 4.79 Å². The third kappa shape index (κ3) is 4.37. The number of rotatable bonds is 4. The predicted octanol–water partition coefficient (Wildman–Crippen LogP) is 5.22. The van der Waals surface area contributed by atoms with E-state index in [4.69, 9.17) is 26.3 Å². The fourth-order valence-electron chi connectivity index (χ4n) is 2.06. The molecule has 4 nitrogen and oxygen atoms in total. The van der Waals surface area contributed by atoms with Crippen molar-refractivity contribution >= 4 is 17.6 Å². The number of carbonyl (C=O) groups is 1. The lowest BCUT2D eigenvalue weighted by molar-refractivity contribution is 0.0734. The zero-order valence-corrected chi connectivity index (χ0v) is 13.7. The first-order valence-electron chi connectivity index (χ1n) is 7.40. The molecule has 0 spiro atoms. The number of halogens is 1. The van der Waals surface area contributed by atoms with Gasteiger partial charge in [-0.25, -0.2) is 4.79 Å². The molecule has 0 radical (unpaired) electrons. The number of nitrogens with zero attached hydrogens (tertiary/aromatic N) is 1. The van der Waals surface area contributed by atoms with Crippen LogP contribution in [0.4, 0.5) is 0 Å². The fraction of sp³-hybridized carbons (Fsp3) is 0. The van der Waals surface area contributed by atoms with Crippen molar-refractivity contribution in [1.29, 1.82) is 5.26 Å². The molecule has 0 aliphatic carbocycles. The summed E-state index contributed by atoms with van der Waals surface area (Å²) in [5.74, 6) is 1.16. The van der Waals surface area contributed by atoms with Crippen molar-refractivity contribution in [2.45, 2.75) is 0 Å². The van der Waals surface area contributed by atoms with Crippen LogP contribution in [0.3, 0.4) is 0 Å². The standard InChI is InChI=1S/C20H12ClNO3/c21-16-5-3-15(4-6-16)20(23)25-19-11-9-18(10-12-19)24-17-7-1-14(13-22)2-8-17/h1-12H. The molecule has 3 rings (SSSR count). The van der Waals surface area contributed by atoms with Gasteiger partial charge in [0.25, 0.3) is 0 Å². The van der Waals surface area contributed by atoms with Crippen LogP contribution < -0.4 is 9.47 Å². The highest BCUT2D eigenvalue weighted by Gasteiger charge is 2.08. The maximum atomic E-state index is 12.0. The second-order valence-corrected chi connectivity index (χ2v) is 5.54. The number of hydrogen-bond acceptors (Lipinski definition) is 4. The average Bonchev–Trinajstić information content (AvgIpc) is 2.64. The summed E-state index contributed by atoms with van der Waals surface area (Å²) in [6.45, 7) is 0. The van der Waals surface area contributed by atoms with Crippen molar-refractivity contribution in [3.63, 3.8) is 0 Å². The Bertz CT molecular complexity index is 911. The van der Waals surface area contributed by atoms with E-state index < -0.39 is 5.97 Å². The van der Waals surface area contributed by atoms with Gasteiger partial charge in [0.2, 0.25) is 0 Å². The van der Waals surface area contributed by atoms with Crippen LogP contribution in [0.25, 0.3) is 0 Å². The summed E-state index contributed by atoms with van der Waals surface area (Å²) < 4.78 is 11.0. The molecule has 0 fully saturated rings. The molecule has 5 heteroatoms. The van der Waals surface area contributed by atoms with Gasteiger partial charge in [-0.05, 0) is 72.8 Å². The first-order chi connectivity index (χ1) is 12.1. The van der Waals surface area contributed by atoms with Gasteiger partial charge in [-0.3, -0.25) is 0 Å². The molecule has 0 heterocycles. The minimum Gasteiger partial charge on any atom is -0.457 e. The summed E-state index contributed by atoms with van der Waals surface area (Å²) in [6, 6.07) is 22.0. The molecule has 0 saturated heterocycles. The molecular weight excluding hydrogens is 338 g/mol. The van der Waals surface area contributed by atoms with Crippen LogP contribution in [0.1, 0.15) is 15.9 Å². The molecule has 0 bridgehead atoms. The Kier molecular flexibility index (Phi) is 4.98. The molecule has 3 aromatic rings. The molecule has 122 valence electrons. The number of hydrogen-bond donors (Lipinski definition) is 0. The summed E-state index contributed by atoms with van der Waals surface area (Å²) in [5, 5.41) is 9.33. The number of carbonyl (C=O) groups excluding carboxylic acids is 1. The van der Waals surface area contributed by atoms with Crippen LogP contribution in [-0.4, -0.2) is 5.97 Å². The number of nitriles is 1. The quantitative estimate of drug-likeness (QED) is 0.478. The van der Waals surface area contributed by atoms with Gasteiger partial charge in [0.1, 0.15) is 17.2 Å². The lowest BCUT2D eigenvalue weighted by atomic mass is 10.2. The highest BCUT2D eigenvalue weighted by Crippen LogP contribution is 2.24. The maximum absolute atomic E-state index is 12.0. The molecule has 0 atom stereocenters. The highest BCUT2D eigenvalue weighted by atomic mass is 35.5. The predicted molar refractivity (Wildman–Crippen MR) is 94.1 cm³/mol. The van der Waals surface area contributed by atoms with Crippen molar-refractivity contribution in [2.24, 2.45) is 0 Å². The molecule has 0 N–H and O–H groups in total. The second kappa shape index (κ2) is 7.52. The van der Waals surface area contributed by atoms with E-state index >= 15 is 0 Å². The maximum Gasteiger partial charge on any atom is 0.343 e. The molecule has 0 unspecified atom stereocenters. The molecule has 0 aliphatic rings. The van der Waals surface area contributed by atoms with E-state index in [1.807, 2.05) is 6.07 Å². The van der Waals surface area contributed by atoms with Gasteiger partial charge in [0, 0.05) is 5.02 Å². The molecule has 0 aliphatic heterocycles. The van der Waals surface area contributed by atoms with Gasteiger partial charge in [-0.1, -0.05) is 11.6 Å². The second-order valence-electron chi connectivity index (χ2n) is 5.11. The minimum atomic E-state index is -0.461. The molecule has 3 aromatic carbocycles. The van der Waals surface area contributed by atoms with Crippen molar-refractivity contribution < 1.29 is 14.3 Å². The smallest absolute Gasteiger partial charge is 0.343 e. The highest BCUT2D eigenvalue weighted by molar-refractivity contribution is 6.30.